The van der Waals surface area contributed by atoms with Crippen molar-refractivity contribution in [3.63, 3.8) is 0 Å². The number of ether oxygens (including phenoxy) is 1. The summed E-state index contributed by atoms with van der Waals surface area (Å²) in [5.41, 5.74) is 0.330. The van der Waals surface area contributed by atoms with Crippen LogP contribution in [0.1, 0.15) is 65.2 Å². The third-order valence-corrected chi connectivity index (χ3v) is 4.11. The molecule has 16 heavy (non-hydrogen) atoms. The Balaban J connectivity index is 1.61. The molecule has 0 aromatic carbocycles. The minimum absolute atomic E-state index is 0.330. The van der Waals surface area contributed by atoms with Gasteiger partial charge in [0.2, 0.25) is 0 Å². The van der Waals surface area contributed by atoms with E-state index in [9.17, 15) is 0 Å². The zero-order chi connectivity index (χ0) is 11.4. The van der Waals surface area contributed by atoms with Crippen molar-refractivity contribution >= 4 is 0 Å². The van der Waals surface area contributed by atoms with Gasteiger partial charge in [0.1, 0.15) is 0 Å². The fraction of sp³-hybridized carbons (Fsp3) is 1.00. The summed E-state index contributed by atoms with van der Waals surface area (Å²) in [5, 5.41) is 3.47. The molecular formula is C14H27NO. The Morgan fingerprint density at radius 1 is 1.25 bits per heavy atom. The smallest absolute Gasteiger partial charge is 0.0687 e. The van der Waals surface area contributed by atoms with Gasteiger partial charge in [-0.25, -0.2) is 0 Å². The Kier molecular flexibility index (Phi) is 4.26. The Labute approximate surface area is 100 Å². The van der Waals surface area contributed by atoms with Gasteiger partial charge in [0, 0.05) is 6.04 Å². The van der Waals surface area contributed by atoms with E-state index in [4.69, 9.17) is 4.74 Å². The summed E-state index contributed by atoms with van der Waals surface area (Å²) in [7, 11) is 0. The van der Waals surface area contributed by atoms with Crippen LogP contribution in [0.3, 0.4) is 0 Å². The van der Waals surface area contributed by atoms with Crippen LogP contribution in [0.4, 0.5) is 0 Å². The lowest BCUT2D eigenvalue weighted by Gasteiger charge is -2.23. The molecule has 1 spiro atoms. The highest BCUT2D eigenvalue weighted by Gasteiger charge is 2.41. The maximum absolute atomic E-state index is 6.29. The number of nitrogens with one attached hydrogen (secondary N) is 1. The van der Waals surface area contributed by atoms with Gasteiger partial charge in [0.05, 0.1) is 11.7 Å². The van der Waals surface area contributed by atoms with Crippen LogP contribution in [0.15, 0.2) is 0 Å². The largest absolute Gasteiger partial charge is 0.372 e. The normalized spacial score (nSPS) is 28.3. The molecule has 0 aromatic heterocycles. The van der Waals surface area contributed by atoms with Gasteiger partial charge in [-0.2, -0.15) is 0 Å². The monoisotopic (exact) mass is 225 g/mol. The molecule has 1 atom stereocenters. The fourth-order valence-corrected chi connectivity index (χ4v) is 3.21. The van der Waals surface area contributed by atoms with E-state index in [1.807, 2.05) is 0 Å². The van der Waals surface area contributed by atoms with Gasteiger partial charge in [-0.15, -0.1) is 0 Å². The quantitative estimate of drug-likeness (QED) is 0.725. The lowest BCUT2D eigenvalue weighted by molar-refractivity contribution is -0.0393. The summed E-state index contributed by atoms with van der Waals surface area (Å²) in [6.45, 7) is 5.56. The molecule has 0 radical (unpaired) electrons. The molecule has 1 unspecified atom stereocenters. The SMILES string of the molecule is CC(C)NCCCC1CCC2(CCCC2)O1. The van der Waals surface area contributed by atoms with Gasteiger partial charge < -0.3 is 10.1 Å². The zero-order valence-electron chi connectivity index (χ0n) is 10.9. The van der Waals surface area contributed by atoms with Crippen LogP contribution < -0.4 is 5.32 Å². The molecule has 2 fully saturated rings. The lowest BCUT2D eigenvalue weighted by Crippen LogP contribution is -2.26. The summed E-state index contributed by atoms with van der Waals surface area (Å²) in [6.07, 6.45) is 11.1. The highest BCUT2D eigenvalue weighted by molar-refractivity contribution is 4.92. The first-order valence-electron chi connectivity index (χ1n) is 7.11. The van der Waals surface area contributed by atoms with Crippen molar-refractivity contribution in [2.75, 3.05) is 6.54 Å². The lowest BCUT2D eigenvalue weighted by atomic mass is 9.98. The molecule has 2 heteroatoms. The first-order valence-corrected chi connectivity index (χ1v) is 7.11. The van der Waals surface area contributed by atoms with Crippen molar-refractivity contribution in [3.8, 4) is 0 Å². The summed E-state index contributed by atoms with van der Waals surface area (Å²) >= 11 is 0. The number of hydrogen-bond donors (Lipinski definition) is 1. The summed E-state index contributed by atoms with van der Waals surface area (Å²) in [5.74, 6) is 0. The molecule has 0 aromatic rings. The molecule has 1 N–H and O–H groups in total. The Hall–Kier alpha value is -0.0800. The summed E-state index contributed by atoms with van der Waals surface area (Å²) in [4.78, 5) is 0. The van der Waals surface area contributed by atoms with Crippen molar-refractivity contribution in [3.05, 3.63) is 0 Å². The van der Waals surface area contributed by atoms with Crippen molar-refractivity contribution in [1.82, 2.24) is 5.32 Å². The van der Waals surface area contributed by atoms with Crippen LogP contribution in [0.5, 0.6) is 0 Å². The van der Waals surface area contributed by atoms with Gasteiger partial charge in [0.15, 0.2) is 0 Å². The average Bonchev–Trinajstić information content (AvgIpc) is 2.85. The molecule has 1 saturated carbocycles. The van der Waals surface area contributed by atoms with E-state index < -0.39 is 0 Å². The maximum atomic E-state index is 6.29. The van der Waals surface area contributed by atoms with E-state index in [1.165, 1.54) is 51.4 Å². The number of rotatable bonds is 5. The van der Waals surface area contributed by atoms with E-state index in [2.05, 4.69) is 19.2 Å². The van der Waals surface area contributed by atoms with Crippen LogP contribution >= 0.6 is 0 Å². The standard InChI is InChI=1S/C14H27NO/c1-12(2)15-11-5-6-13-7-10-14(16-13)8-3-4-9-14/h12-13,15H,3-11H2,1-2H3. The van der Waals surface area contributed by atoms with E-state index in [0.717, 1.165) is 6.54 Å². The molecule has 1 aliphatic carbocycles. The molecule has 0 amide bonds. The molecule has 1 aliphatic heterocycles. The topological polar surface area (TPSA) is 21.3 Å². The second kappa shape index (κ2) is 5.50. The second-order valence-electron chi connectivity index (χ2n) is 5.92. The minimum atomic E-state index is 0.330. The number of hydrogen-bond acceptors (Lipinski definition) is 2. The van der Waals surface area contributed by atoms with Crippen molar-refractivity contribution in [1.29, 1.82) is 0 Å². The molecule has 2 rings (SSSR count). The molecule has 2 aliphatic rings. The Morgan fingerprint density at radius 2 is 2.00 bits per heavy atom. The maximum Gasteiger partial charge on any atom is 0.0687 e. The molecular weight excluding hydrogens is 198 g/mol. The van der Waals surface area contributed by atoms with E-state index in [-0.39, 0.29) is 0 Å². The summed E-state index contributed by atoms with van der Waals surface area (Å²) in [6, 6.07) is 0.616. The first kappa shape index (κ1) is 12.4. The predicted molar refractivity (Wildman–Crippen MR) is 67.7 cm³/mol. The predicted octanol–water partition coefficient (Wildman–Crippen LogP) is 3.26. The van der Waals surface area contributed by atoms with Crippen LogP contribution in [0.25, 0.3) is 0 Å². The average molecular weight is 225 g/mol. The Bertz CT molecular complexity index is 209. The minimum Gasteiger partial charge on any atom is -0.372 e. The second-order valence-corrected chi connectivity index (χ2v) is 5.92. The van der Waals surface area contributed by atoms with E-state index in [0.29, 0.717) is 17.7 Å². The van der Waals surface area contributed by atoms with Crippen molar-refractivity contribution < 1.29 is 4.74 Å². The van der Waals surface area contributed by atoms with Crippen molar-refractivity contribution in [2.24, 2.45) is 0 Å². The highest BCUT2D eigenvalue weighted by Crippen LogP contribution is 2.44. The van der Waals surface area contributed by atoms with Gasteiger partial charge in [0.25, 0.3) is 0 Å². The van der Waals surface area contributed by atoms with Gasteiger partial charge >= 0.3 is 0 Å². The molecule has 94 valence electrons. The fourth-order valence-electron chi connectivity index (χ4n) is 3.21. The zero-order valence-corrected chi connectivity index (χ0v) is 10.9. The van der Waals surface area contributed by atoms with Crippen LogP contribution in [-0.4, -0.2) is 24.3 Å². The molecule has 1 saturated heterocycles. The van der Waals surface area contributed by atoms with Crippen molar-refractivity contribution in [2.45, 2.75) is 83.0 Å². The van der Waals surface area contributed by atoms with E-state index >= 15 is 0 Å². The highest BCUT2D eigenvalue weighted by atomic mass is 16.5. The van der Waals surface area contributed by atoms with E-state index in [1.54, 1.807) is 0 Å². The third kappa shape index (κ3) is 3.21. The van der Waals surface area contributed by atoms with Crippen LogP contribution in [-0.2, 0) is 4.74 Å². The van der Waals surface area contributed by atoms with Gasteiger partial charge in [-0.3, -0.25) is 0 Å². The molecule has 1 heterocycles. The summed E-state index contributed by atoms with van der Waals surface area (Å²) < 4.78 is 6.29. The van der Waals surface area contributed by atoms with Crippen LogP contribution in [0.2, 0.25) is 0 Å². The molecule has 0 bridgehead atoms. The van der Waals surface area contributed by atoms with Crippen LogP contribution in [0, 0.1) is 0 Å². The molecule has 2 nitrogen and oxygen atoms in total. The third-order valence-electron chi connectivity index (χ3n) is 4.11. The first-order chi connectivity index (χ1) is 7.70. The van der Waals surface area contributed by atoms with Gasteiger partial charge in [-0.05, 0) is 45.1 Å². The van der Waals surface area contributed by atoms with Gasteiger partial charge in [-0.1, -0.05) is 26.7 Å². The Morgan fingerprint density at radius 3 is 2.69 bits per heavy atom.